The van der Waals surface area contributed by atoms with Crippen LogP contribution in [0.25, 0.3) is 0 Å². The Balaban J connectivity index is 1.59. The Bertz CT molecular complexity index is 775. The lowest BCUT2D eigenvalue weighted by Gasteiger charge is -2.46. The summed E-state index contributed by atoms with van der Waals surface area (Å²) in [5, 5.41) is 10.7. The van der Waals surface area contributed by atoms with Crippen molar-refractivity contribution in [1.82, 2.24) is 4.90 Å². The predicted molar refractivity (Wildman–Crippen MR) is 105 cm³/mol. The number of ether oxygens (including phenoxy) is 3. The molecule has 1 saturated heterocycles. The van der Waals surface area contributed by atoms with Crippen molar-refractivity contribution in [2.24, 2.45) is 0 Å². The van der Waals surface area contributed by atoms with E-state index in [9.17, 15) is 9.50 Å². The number of nitrogens with zero attached hydrogens (tertiary/aromatic N) is 1. The van der Waals surface area contributed by atoms with Crippen LogP contribution in [0.1, 0.15) is 57.2 Å². The number of fused-ring (bicyclic) bond motifs is 3. The van der Waals surface area contributed by atoms with Crippen LogP contribution < -0.4 is 9.47 Å². The van der Waals surface area contributed by atoms with E-state index in [1.807, 2.05) is 20.8 Å². The quantitative estimate of drug-likeness (QED) is 0.803. The van der Waals surface area contributed by atoms with Gasteiger partial charge in [0.1, 0.15) is 12.3 Å². The zero-order chi connectivity index (χ0) is 21.0. The molecule has 2 aliphatic heterocycles. The molecule has 5 nitrogen and oxygen atoms in total. The molecule has 0 radical (unpaired) electrons. The summed E-state index contributed by atoms with van der Waals surface area (Å²) >= 11 is 0. The average Bonchev–Trinajstić information content (AvgIpc) is 3.37. The Morgan fingerprint density at radius 2 is 2.03 bits per heavy atom. The fraction of sp³-hybridized carbons (Fsp3) is 0.727. The highest BCUT2D eigenvalue weighted by Gasteiger charge is 2.45. The summed E-state index contributed by atoms with van der Waals surface area (Å²) in [6, 6.07) is 1.68. The normalized spacial score (nSPS) is 28.4. The van der Waals surface area contributed by atoms with Gasteiger partial charge in [0.25, 0.3) is 0 Å². The Hall–Kier alpha value is -1.44. The Kier molecular flexibility index (Phi) is 5.28. The highest BCUT2D eigenvalue weighted by atomic mass is 19.1. The number of rotatable bonds is 5. The third kappa shape index (κ3) is 4.23. The van der Waals surface area contributed by atoms with Gasteiger partial charge in [-0.05, 0) is 63.6 Å². The number of aliphatic hydroxyl groups excluding tert-OH is 1. The van der Waals surface area contributed by atoms with Crippen LogP contribution >= 0.6 is 0 Å². The van der Waals surface area contributed by atoms with E-state index in [2.05, 4.69) is 4.90 Å². The summed E-state index contributed by atoms with van der Waals surface area (Å²) in [4.78, 5) is 2.24. The summed E-state index contributed by atoms with van der Waals surface area (Å²) in [5.41, 5.74) is -0.288. The standard InChI is InChI=1S/C22H31F2NO4/c1-21(2,3)29-18-11-25-8-5-13-14(15(25)10-16(18)26)9-17(27-4)20(19(13)23)28-12-22(24)6-7-22/h9,15-16,18,26H,5-8,10-12H2,1-4H3/t15-,16-,18-/m1/s1. The molecule has 2 fully saturated rings. The minimum absolute atomic E-state index is 0.00562. The lowest BCUT2D eigenvalue weighted by atomic mass is 9.84. The van der Waals surface area contributed by atoms with Crippen LogP contribution in [-0.2, 0) is 11.2 Å². The van der Waals surface area contributed by atoms with Crippen molar-refractivity contribution < 1.29 is 28.1 Å². The topological polar surface area (TPSA) is 51.2 Å². The molecule has 1 N–H and O–H groups in total. The molecule has 1 aromatic rings. The summed E-state index contributed by atoms with van der Waals surface area (Å²) in [7, 11) is 1.46. The molecule has 0 aromatic heterocycles. The van der Waals surface area contributed by atoms with E-state index in [0.29, 0.717) is 44.3 Å². The lowest BCUT2D eigenvalue weighted by molar-refractivity contribution is -0.149. The van der Waals surface area contributed by atoms with Crippen molar-refractivity contribution in [3.8, 4) is 11.5 Å². The highest BCUT2D eigenvalue weighted by molar-refractivity contribution is 5.51. The van der Waals surface area contributed by atoms with E-state index in [1.54, 1.807) is 6.07 Å². The van der Waals surface area contributed by atoms with Gasteiger partial charge >= 0.3 is 0 Å². The third-order valence-electron chi connectivity index (χ3n) is 6.07. The molecule has 3 aliphatic rings. The maximum atomic E-state index is 15.3. The summed E-state index contributed by atoms with van der Waals surface area (Å²) in [6.45, 7) is 7.03. The molecule has 0 spiro atoms. The molecule has 0 unspecified atom stereocenters. The van der Waals surface area contributed by atoms with Gasteiger partial charge in [-0.15, -0.1) is 0 Å². The first-order chi connectivity index (χ1) is 13.6. The minimum Gasteiger partial charge on any atom is -0.493 e. The molecular formula is C22H31F2NO4. The van der Waals surface area contributed by atoms with Gasteiger partial charge in [-0.2, -0.15) is 0 Å². The van der Waals surface area contributed by atoms with Crippen LogP contribution in [-0.4, -0.2) is 60.3 Å². The number of methoxy groups -OCH3 is 1. The molecule has 0 bridgehead atoms. The molecule has 2 heterocycles. The van der Waals surface area contributed by atoms with E-state index in [1.165, 1.54) is 7.11 Å². The number of piperidine rings is 1. The molecule has 29 heavy (non-hydrogen) atoms. The largest absolute Gasteiger partial charge is 0.493 e. The molecular weight excluding hydrogens is 380 g/mol. The van der Waals surface area contributed by atoms with Crippen LogP contribution in [0.5, 0.6) is 11.5 Å². The van der Waals surface area contributed by atoms with E-state index < -0.39 is 17.6 Å². The number of aliphatic hydroxyl groups is 1. The monoisotopic (exact) mass is 411 g/mol. The second kappa shape index (κ2) is 7.36. The van der Waals surface area contributed by atoms with Crippen molar-refractivity contribution in [3.63, 3.8) is 0 Å². The average molecular weight is 411 g/mol. The van der Waals surface area contributed by atoms with Gasteiger partial charge in [-0.3, -0.25) is 4.90 Å². The van der Waals surface area contributed by atoms with Crippen LogP contribution in [0.2, 0.25) is 0 Å². The van der Waals surface area contributed by atoms with Crippen molar-refractivity contribution in [2.45, 2.75) is 76.0 Å². The first kappa shape index (κ1) is 20.8. The zero-order valence-corrected chi connectivity index (χ0v) is 17.6. The molecule has 3 atom stereocenters. The maximum absolute atomic E-state index is 15.3. The SMILES string of the molecule is COc1cc2c(c(F)c1OCC1(F)CC1)CCN1C[C@@H](OC(C)(C)C)[C@H](O)C[C@H]21. The molecule has 1 aromatic carbocycles. The summed E-state index contributed by atoms with van der Waals surface area (Å²) in [6.07, 6.45) is 0.985. The fourth-order valence-corrected chi connectivity index (χ4v) is 4.39. The highest BCUT2D eigenvalue weighted by Crippen LogP contribution is 2.46. The third-order valence-corrected chi connectivity index (χ3v) is 6.07. The summed E-state index contributed by atoms with van der Waals surface area (Å²) < 4.78 is 46.2. The van der Waals surface area contributed by atoms with Gasteiger partial charge in [0.15, 0.2) is 17.3 Å². The van der Waals surface area contributed by atoms with E-state index >= 15 is 4.39 Å². The van der Waals surface area contributed by atoms with Gasteiger partial charge in [-0.25, -0.2) is 8.78 Å². The van der Waals surface area contributed by atoms with Crippen LogP contribution in [0.4, 0.5) is 8.78 Å². The summed E-state index contributed by atoms with van der Waals surface area (Å²) in [5.74, 6) is -0.199. The number of alkyl halides is 1. The molecule has 0 amide bonds. The Labute approximate surface area is 170 Å². The second-order valence-corrected chi connectivity index (χ2v) is 9.56. The Morgan fingerprint density at radius 1 is 1.31 bits per heavy atom. The minimum atomic E-state index is -1.33. The number of hydrogen-bond donors (Lipinski definition) is 1. The van der Waals surface area contributed by atoms with E-state index in [0.717, 1.165) is 5.56 Å². The van der Waals surface area contributed by atoms with Crippen molar-refractivity contribution in [1.29, 1.82) is 0 Å². The Morgan fingerprint density at radius 3 is 2.66 bits per heavy atom. The number of benzene rings is 1. The maximum Gasteiger partial charge on any atom is 0.197 e. The molecule has 1 saturated carbocycles. The van der Waals surface area contributed by atoms with E-state index in [-0.39, 0.29) is 35.9 Å². The smallest absolute Gasteiger partial charge is 0.197 e. The van der Waals surface area contributed by atoms with Gasteiger partial charge in [0.2, 0.25) is 0 Å². The first-order valence-electron chi connectivity index (χ1n) is 10.4. The van der Waals surface area contributed by atoms with Crippen molar-refractivity contribution in [2.75, 3.05) is 26.8 Å². The number of halogens is 2. The van der Waals surface area contributed by atoms with Gasteiger partial charge in [0, 0.05) is 19.1 Å². The fourth-order valence-electron chi connectivity index (χ4n) is 4.39. The number of hydrogen-bond acceptors (Lipinski definition) is 5. The van der Waals surface area contributed by atoms with Crippen LogP contribution in [0.3, 0.4) is 0 Å². The van der Waals surface area contributed by atoms with E-state index in [4.69, 9.17) is 14.2 Å². The first-order valence-corrected chi connectivity index (χ1v) is 10.4. The zero-order valence-electron chi connectivity index (χ0n) is 17.6. The molecule has 1 aliphatic carbocycles. The van der Waals surface area contributed by atoms with Gasteiger partial charge in [-0.1, -0.05) is 0 Å². The molecule has 4 rings (SSSR count). The van der Waals surface area contributed by atoms with Crippen LogP contribution in [0, 0.1) is 5.82 Å². The van der Waals surface area contributed by atoms with Crippen molar-refractivity contribution in [3.05, 3.63) is 23.0 Å². The molecule has 162 valence electrons. The van der Waals surface area contributed by atoms with Gasteiger partial charge < -0.3 is 19.3 Å². The van der Waals surface area contributed by atoms with Crippen LogP contribution in [0.15, 0.2) is 6.07 Å². The second-order valence-electron chi connectivity index (χ2n) is 9.56. The van der Waals surface area contributed by atoms with Crippen molar-refractivity contribution >= 4 is 0 Å². The van der Waals surface area contributed by atoms with Gasteiger partial charge in [0.05, 0.1) is 24.9 Å². The molecule has 7 heteroatoms. The predicted octanol–water partition coefficient (Wildman–Crippen LogP) is 3.56. The lowest BCUT2D eigenvalue weighted by Crippen LogP contribution is -2.53.